The van der Waals surface area contributed by atoms with Gasteiger partial charge in [-0.05, 0) is 18.2 Å². The number of rotatable bonds is 3. The van der Waals surface area contributed by atoms with E-state index in [0.29, 0.717) is 11.0 Å². The van der Waals surface area contributed by atoms with Gasteiger partial charge in [0.15, 0.2) is 11.9 Å². The zero-order chi connectivity index (χ0) is 16.4. The Morgan fingerprint density at radius 1 is 1.17 bits per heavy atom. The maximum atomic E-state index is 13.2. The maximum absolute atomic E-state index is 13.2. The van der Waals surface area contributed by atoms with Gasteiger partial charge in [0.05, 0.1) is 11.0 Å². The predicted molar refractivity (Wildman–Crippen MR) is 76.6 cm³/mol. The van der Waals surface area contributed by atoms with Crippen LogP contribution in [0, 0.1) is 0 Å². The van der Waals surface area contributed by atoms with E-state index in [1.165, 1.54) is 18.3 Å². The molecule has 5 nitrogen and oxygen atoms in total. The minimum absolute atomic E-state index is 0.149. The Hall–Kier alpha value is -2.90. The quantitative estimate of drug-likeness (QED) is 0.779. The molecule has 2 N–H and O–H groups in total. The molecule has 3 aromatic rings. The van der Waals surface area contributed by atoms with E-state index < -0.39 is 18.1 Å². The summed E-state index contributed by atoms with van der Waals surface area (Å²) in [4.78, 5) is 22.5. The molecule has 1 aromatic carbocycles. The van der Waals surface area contributed by atoms with Crippen LogP contribution in [0.25, 0.3) is 11.0 Å². The number of imidazole rings is 1. The van der Waals surface area contributed by atoms with Crippen LogP contribution in [0.1, 0.15) is 22.2 Å². The maximum Gasteiger partial charge on any atom is 0.412 e. The minimum atomic E-state index is -4.65. The molecule has 1 atom stereocenters. The van der Waals surface area contributed by atoms with Crippen molar-refractivity contribution in [1.82, 2.24) is 20.3 Å². The van der Waals surface area contributed by atoms with Crippen LogP contribution in [0.3, 0.4) is 0 Å². The fraction of sp³-hybridized carbons (Fsp3) is 0.133. The number of hydrogen-bond acceptors (Lipinski definition) is 3. The first-order valence-electron chi connectivity index (χ1n) is 6.67. The van der Waals surface area contributed by atoms with E-state index in [9.17, 15) is 18.0 Å². The van der Waals surface area contributed by atoms with Crippen LogP contribution in [0.5, 0.6) is 0 Å². The summed E-state index contributed by atoms with van der Waals surface area (Å²) in [5.74, 6) is -1.11. The number of aromatic amines is 1. The van der Waals surface area contributed by atoms with Gasteiger partial charge in [-0.1, -0.05) is 18.2 Å². The molecule has 0 saturated carbocycles. The molecule has 1 amide bonds. The SMILES string of the molecule is O=C(NC(c1cccnc1)C(F)(F)F)c1nc2ccccc2[nH]1. The van der Waals surface area contributed by atoms with Crippen molar-refractivity contribution in [2.75, 3.05) is 0 Å². The summed E-state index contributed by atoms with van der Waals surface area (Å²) in [6, 6.07) is 7.27. The molecule has 23 heavy (non-hydrogen) atoms. The molecule has 0 saturated heterocycles. The van der Waals surface area contributed by atoms with Gasteiger partial charge in [0.1, 0.15) is 0 Å². The second kappa shape index (κ2) is 5.71. The van der Waals surface area contributed by atoms with Gasteiger partial charge in [0.25, 0.3) is 5.91 Å². The molecular weight excluding hydrogens is 309 g/mol. The van der Waals surface area contributed by atoms with E-state index in [0.717, 1.165) is 6.20 Å². The highest BCUT2D eigenvalue weighted by Crippen LogP contribution is 2.32. The lowest BCUT2D eigenvalue weighted by atomic mass is 10.1. The highest BCUT2D eigenvalue weighted by atomic mass is 19.4. The van der Waals surface area contributed by atoms with Crippen LogP contribution in [0.2, 0.25) is 0 Å². The summed E-state index contributed by atoms with van der Waals surface area (Å²) in [7, 11) is 0. The Labute approximate surface area is 128 Å². The zero-order valence-corrected chi connectivity index (χ0v) is 11.6. The number of carbonyl (C=O) groups is 1. The lowest BCUT2D eigenvalue weighted by Crippen LogP contribution is -2.38. The van der Waals surface area contributed by atoms with Gasteiger partial charge < -0.3 is 10.3 Å². The van der Waals surface area contributed by atoms with Crippen molar-refractivity contribution in [1.29, 1.82) is 0 Å². The fourth-order valence-electron chi connectivity index (χ4n) is 2.16. The first-order chi connectivity index (χ1) is 10.9. The summed E-state index contributed by atoms with van der Waals surface area (Å²) < 4.78 is 39.6. The van der Waals surface area contributed by atoms with E-state index in [4.69, 9.17) is 0 Å². The number of carbonyl (C=O) groups excluding carboxylic acids is 1. The second-order valence-corrected chi connectivity index (χ2v) is 4.84. The number of fused-ring (bicyclic) bond motifs is 1. The average molecular weight is 320 g/mol. The molecule has 0 aliphatic heterocycles. The summed E-state index contributed by atoms with van der Waals surface area (Å²) >= 11 is 0. The Morgan fingerprint density at radius 3 is 2.61 bits per heavy atom. The lowest BCUT2D eigenvalue weighted by molar-refractivity contribution is -0.155. The number of para-hydroxylation sites is 2. The van der Waals surface area contributed by atoms with Gasteiger partial charge in [-0.15, -0.1) is 0 Å². The zero-order valence-electron chi connectivity index (χ0n) is 11.6. The van der Waals surface area contributed by atoms with Crippen molar-refractivity contribution in [3.8, 4) is 0 Å². The topological polar surface area (TPSA) is 70.7 Å². The summed E-state index contributed by atoms with van der Waals surface area (Å²) in [6.45, 7) is 0. The third-order valence-corrected chi connectivity index (χ3v) is 3.22. The lowest BCUT2D eigenvalue weighted by Gasteiger charge is -2.21. The van der Waals surface area contributed by atoms with E-state index in [1.54, 1.807) is 24.3 Å². The molecule has 2 aromatic heterocycles. The van der Waals surface area contributed by atoms with Crippen molar-refractivity contribution in [3.05, 3.63) is 60.2 Å². The van der Waals surface area contributed by atoms with E-state index in [2.05, 4.69) is 15.0 Å². The third kappa shape index (κ3) is 3.15. The van der Waals surface area contributed by atoms with Crippen molar-refractivity contribution in [2.45, 2.75) is 12.2 Å². The smallest absolute Gasteiger partial charge is 0.334 e. The molecule has 118 valence electrons. The summed E-state index contributed by atoms with van der Waals surface area (Å²) in [5, 5.41) is 1.95. The van der Waals surface area contributed by atoms with Gasteiger partial charge in [-0.2, -0.15) is 13.2 Å². The minimum Gasteiger partial charge on any atom is -0.334 e. The standard InChI is InChI=1S/C15H11F3N4O/c16-15(17,18)12(9-4-3-7-19-8-9)22-14(23)13-20-10-5-1-2-6-11(10)21-13/h1-8,12H,(H,20,21)(H,22,23). The van der Waals surface area contributed by atoms with E-state index in [-0.39, 0.29) is 11.4 Å². The Balaban J connectivity index is 1.89. The van der Waals surface area contributed by atoms with Crippen LogP contribution in [-0.2, 0) is 0 Å². The molecule has 0 spiro atoms. The Morgan fingerprint density at radius 2 is 1.96 bits per heavy atom. The largest absolute Gasteiger partial charge is 0.412 e. The molecule has 0 fully saturated rings. The normalized spacial score (nSPS) is 13.0. The molecule has 1 unspecified atom stereocenters. The van der Waals surface area contributed by atoms with Crippen molar-refractivity contribution < 1.29 is 18.0 Å². The monoisotopic (exact) mass is 320 g/mol. The van der Waals surface area contributed by atoms with E-state index in [1.807, 2.05) is 5.32 Å². The number of halogens is 3. The summed E-state index contributed by atoms with van der Waals surface area (Å²) in [5.41, 5.74) is 0.926. The van der Waals surface area contributed by atoms with Crippen molar-refractivity contribution in [3.63, 3.8) is 0 Å². The molecular formula is C15H11F3N4O. The molecule has 2 heterocycles. The highest BCUT2D eigenvalue weighted by Gasteiger charge is 2.42. The first kappa shape index (κ1) is 15.0. The number of nitrogens with one attached hydrogen (secondary N) is 2. The van der Waals surface area contributed by atoms with Gasteiger partial charge in [0.2, 0.25) is 0 Å². The van der Waals surface area contributed by atoms with Gasteiger partial charge in [-0.25, -0.2) is 4.98 Å². The van der Waals surface area contributed by atoms with Crippen LogP contribution in [-0.4, -0.2) is 27.0 Å². The van der Waals surface area contributed by atoms with E-state index >= 15 is 0 Å². The van der Waals surface area contributed by atoms with Gasteiger partial charge in [-0.3, -0.25) is 9.78 Å². The highest BCUT2D eigenvalue weighted by molar-refractivity contribution is 5.94. The number of nitrogens with zero attached hydrogens (tertiary/aromatic N) is 2. The molecule has 0 radical (unpaired) electrons. The molecule has 0 aliphatic carbocycles. The van der Waals surface area contributed by atoms with Crippen LogP contribution < -0.4 is 5.32 Å². The molecule has 3 rings (SSSR count). The number of H-pyrrole nitrogens is 1. The predicted octanol–water partition coefficient (Wildman–Crippen LogP) is 2.99. The second-order valence-electron chi connectivity index (χ2n) is 4.84. The molecule has 8 heteroatoms. The number of pyridine rings is 1. The van der Waals surface area contributed by atoms with Gasteiger partial charge in [0, 0.05) is 18.0 Å². The number of aromatic nitrogens is 3. The number of amides is 1. The number of hydrogen-bond donors (Lipinski definition) is 2. The Kier molecular flexibility index (Phi) is 3.73. The average Bonchev–Trinajstić information content (AvgIpc) is 2.96. The molecule has 0 bridgehead atoms. The third-order valence-electron chi connectivity index (χ3n) is 3.22. The molecule has 0 aliphatic rings. The number of benzene rings is 1. The Bertz CT molecular complexity index is 796. The summed E-state index contributed by atoms with van der Waals surface area (Å²) in [6.07, 6.45) is -2.22. The van der Waals surface area contributed by atoms with Gasteiger partial charge >= 0.3 is 6.18 Å². The first-order valence-corrected chi connectivity index (χ1v) is 6.67. The van der Waals surface area contributed by atoms with Crippen LogP contribution in [0.4, 0.5) is 13.2 Å². The van der Waals surface area contributed by atoms with Crippen molar-refractivity contribution in [2.24, 2.45) is 0 Å². The van der Waals surface area contributed by atoms with Crippen molar-refractivity contribution >= 4 is 16.9 Å². The van der Waals surface area contributed by atoms with Crippen LogP contribution in [0.15, 0.2) is 48.8 Å². The van der Waals surface area contributed by atoms with Crippen LogP contribution >= 0.6 is 0 Å². The number of alkyl halides is 3. The fourth-order valence-corrected chi connectivity index (χ4v) is 2.16.